The van der Waals surface area contributed by atoms with Crippen molar-refractivity contribution in [2.75, 3.05) is 34.4 Å². The number of methoxy groups -OCH3 is 2. The van der Waals surface area contributed by atoms with Gasteiger partial charge in [-0.3, -0.25) is 4.99 Å². The Morgan fingerprint density at radius 1 is 1.25 bits per heavy atom. The van der Waals surface area contributed by atoms with Gasteiger partial charge in [0, 0.05) is 18.5 Å². The number of rotatable bonds is 8. The SMILES string of the molecule is CCNC(=NCC(O)c1ccc(OC)c(OC)c1)N(C)Cc1ccc(Cl)s1.I. The van der Waals surface area contributed by atoms with Gasteiger partial charge in [-0.2, -0.15) is 0 Å². The Balaban J connectivity index is 0.00000392. The quantitative estimate of drug-likeness (QED) is 0.300. The molecule has 0 aliphatic heterocycles. The average molecular weight is 540 g/mol. The van der Waals surface area contributed by atoms with E-state index in [2.05, 4.69) is 10.3 Å². The van der Waals surface area contributed by atoms with E-state index in [0.29, 0.717) is 18.0 Å². The summed E-state index contributed by atoms with van der Waals surface area (Å²) < 4.78 is 11.3. The Bertz CT molecular complexity index is 773. The van der Waals surface area contributed by atoms with Crippen LogP contribution in [0.4, 0.5) is 0 Å². The highest BCUT2D eigenvalue weighted by atomic mass is 127. The largest absolute Gasteiger partial charge is 0.493 e. The van der Waals surface area contributed by atoms with Crippen LogP contribution in [0.5, 0.6) is 11.5 Å². The molecule has 0 radical (unpaired) electrons. The number of ether oxygens (including phenoxy) is 2. The molecule has 0 aliphatic carbocycles. The van der Waals surface area contributed by atoms with Crippen LogP contribution in [0, 0.1) is 0 Å². The van der Waals surface area contributed by atoms with Crippen LogP contribution >= 0.6 is 46.9 Å². The third-order valence-electron chi connectivity index (χ3n) is 3.92. The molecule has 2 N–H and O–H groups in total. The van der Waals surface area contributed by atoms with Crippen molar-refractivity contribution in [3.63, 3.8) is 0 Å². The number of aliphatic hydroxyl groups is 1. The minimum atomic E-state index is -0.747. The van der Waals surface area contributed by atoms with Crippen LogP contribution in [0.1, 0.15) is 23.5 Å². The summed E-state index contributed by atoms with van der Waals surface area (Å²) >= 11 is 7.55. The van der Waals surface area contributed by atoms with E-state index in [-0.39, 0.29) is 30.5 Å². The number of halogens is 2. The highest BCUT2D eigenvalue weighted by molar-refractivity contribution is 14.0. The van der Waals surface area contributed by atoms with Crippen LogP contribution in [0.25, 0.3) is 0 Å². The zero-order valence-electron chi connectivity index (χ0n) is 16.4. The molecule has 6 nitrogen and oxygen atoms in total. The van der Waals surface area contributed by atoms with Crippen LogP contribution in [0.3, 0.4) is 0 Å². The van der Waals surface area contributed by atoms with Crippen molar-refractivity contribution in [2.24, 2.45) is 4.99 Å². The number of aliphatic imine (C=N–C) groups is 1. The van der Waals surface area contributed by atoms with Gasteiger partial charge >= 0.3 is 0 Å². The molecule has 1 atom stereocenters. The lowest BCUT2D eigenvalue weighted by molar-refractivity contribution is 0.186. The molecule has 9 heteroatoms. The molecule has 156 valence electrons. The minimum absolute atomic E-state index is 0. The van der Waals surface area contributed by atoms with Gasteiger partial charge in [0.1, 0.15) is 0 Å². The van der Waals surface area contributed by atoms with E-state index in [1.807, 2.05) is 37.1 Å². The summed E-state index contributed by atoms with van der Waals surface area (Å²) in [7, 11) is 5.11. The number of guanidine groups is 1. The molecule has 1 aromatic carbocycles. The van der Waals surface area contributed by atoms with Crippen LogP contribution < -0.4 is 14.8 Å². The first-order valence-electron chi connectivity index (χ1n) is 8.62. The minimum Gasteiger partial charge on any atom is -0.493 e. The van der Waals surface area contributed by atoms with Gasteiger partial charge in [0.25, 0.3) is 0 Å². The third kappa shape index (κ3) is 6.98. The molecule has 0 aliphatic rings. The van der Waals surface area contributed by atoms with E-state index >= 15 is 0 Å². The Kier molecular flexibility index (Phi) is 10.9. The summed E-state index contributed by atoms with van der Waals surface area (Å²) in [6.07, 6.45) is -0.747. The number of hydrogen-bond acceptors (Lipinski definition) is 5. The highest BCUT2D eigenvalue weighted by Gasteiger charge is 2.13. The number of hydrogen-bond donors (Lipinski definition) is 2. The molecule has 0 amide bonds. The fraction of sp³-hybridized carbons (Fsp3) is 0.421. The molecular weight excluding hydrogens is 513 g/mol. The van der Waals surface area contributed by atoms with Crippen LogP contribution in [-0.4, -0.2) is 50.3 Å². The Morgan fingerprint density at radius 3 is 2.54 bits per heavy atom. The molecular formula is C19H27ClIN3O3S. The second-order valence-corrected chi connectivity index (χ2v) is 7.69. The zero-order chi connectivity index (χ0) is 19.8. The van der Waals surface area contributed by atoms with Gasteiger partial charge in [-0.15, -0.1) is 35.3 Å². The number of benzene rings is 1. The van der Waals surface area contributed by atoms with E-state index in [9.17, 15) is 5.11 Å². The maximum atomic E-state index is 10.5. The van der Waals surface area contributed by atoms with Crippen molar-refractivity contribution in [2.45, 2.75) is 19.6 Å². The average Bonchev–Trinajstić information content (AvgIpc) is 3.08. The molecule has 28 heavy (non-hydrogen) atoms. The van der Waals surface area contributed by atoms with Crippen LogP contribution in [-0.2, 0) is 6.54 Å². The number of thiophene rings is 1. The summed E-state index contributed by atoms with van der Waals surface area (Å²) in [4.78, 5) is 7.73. The molecule has 2 rings (SSSR count). The lowest BCUT2D eigenvalue weighted by atomic mass is 10.1. The Labute approximate surface area is 192 Å². The van der Waals surface area contributed by atoms with E-state index in [4.69, 9.17) is 21.1 Å². The highest BCUT2D eigenvalue weighted by Crippen LogP contribution is 2.30. The zero-order valence-corrected chi connectivity index (χ0v) is 20.3. The van der Waals surface area contributed by atoms with Gasteiger partial charge in [-0.1, -0.05) is 17.7 Å². The number of aliphatic hydroxyl groups excluding tert-OH is 1. The second kappa shape index (κ2) is 12.4. The molecule has 0 bridgehead atoms. The first-order valence-corrected chi connectivity index (χ1v) is 9.81. The van der Waals surface area contributed by atoms with Crippen LogP contribution in [0.2, 0.25) is 4.34 Å². The molecule has 0 spiro atoms. The Hall–Kier alpha value is -1.23. The van der Waals surface area contributed by atoms with Gasteiger partial charge < -0.3 is 24.8 Å². The number of nitrogens with zero attached hydrogens (tertiary/aromatic N) is 2. The standard InChI is InChI=1S/C19H26ClN3O3S.HI/c1-5-21-19(23(2)12-14-7-9-18(20)27-14)22-11-15(24)13-6-8-16(25-3)17(10-13)26-4;/h6-10,15,24H,5,11-12H2,1-4H3,(H,21,22);1H. The second-order valence-electron chi connectivity index (χ2n) is 5.89. The van der Waals surface area contributed by atoms with Gasteiger partial charge in [-0.05, 0) is 36.8 Å². The predicted octanol–water partition coefficient (Wildman–Crippen LogP) is 4.17. The lowest BCUT2D eigenvalue weighted by Crippen LogP contribution is -2.38. The molecule has 2 aromatic rings. The maximum Gasteiger partial charge on any atom is 0.194 e. The fourth-order valence-corrected chi connectivity index (χ4v) is 3.69. The maximum absolute atomic E-state index is 10.5. The van der Waals surface area contributed by atoms with Gasteiger partial charge in [0.05, 0.1) is 37.7 Å². The third-order valence-corrected chi connectivity index (χ3v) is 5.14. The van der Waals surface area contributed by atoms with E-state index in [0.717, 1.165) is 27.3 Å². The van der Waals surface area contributed by atoms with Crippen molar-refractivity contribution >= 4 is 52.9 Å². The van der Waals surface area contributed by atoms with E-state index in [1.54, 1.807) is 37.7 Å². The van der Waals surface area contributed by atoms with Crippen molar-refractivity contribution in [1.82, 2.24) is 10.2 Å². The van der Waals surface area contributed by atoms with Gasteiger partial charge in [0.15, 0.2) is 17.5 Å². The first kappa shape index (κ1) is 24.8. The number of nitrogens with one attached hydrogen (secondary N) is 1. The van der Waals surface area contributed by atoms with Crippen LogP contribution in [0.15, 0.2) is 35.3 Å². The van der Waals surface area contributed by atoms with Crippen molar-refractivity contribution in [3.05, 3.63) is 45.1 Å². The smallest absolute Gasteiger partial charge is 0.194 e. The van der Waals surface area contributed by atoms with E-state index < -0.39 is 6.10 Å². The topological polar surface area (TPSA) is 66.3 Å². The Morgan fingerprint density at radius 2 is 1.96 bits per heavy atom. The summed E-state index contributed by atoms with van der Waals surface area (Å²) in [5.41, 5.74) is 0.722. The summed E-state index contributed by atoms with van der Waals surface area (Å²) in [5.74, 6) is 1.93. The summed E-state index contributed by atoms with van der Waals surface area (Å²) in [6, 6.07) is 9.25. The lowest BCUT2D eigenvalue weighted by Gasteiger charge is -2.22. The molecule has 1 unspecified atom stereocenters. The van der Waals surface area contributed by atoms with E-state index in [1.165, 1.54) is 0 Å². The first-order chi connectivity index (χ1) is 13.0. The van der Waals surface area contributed by atoms with Crippen molar-refractivity contribution in [3.8, 4) is 11.5 Å². The van der Waals surface area contributed by atoms with Crippen molar-refractivity contribution < 1.29 is 14.6 Å². The summed E-state index contributed by atoms with van der Waals surface area (Å²) in [5, 5.41) is 13.8. The fourth-order valence-electron chi connectivity index (χ4n) is 2.55. The normalized spacial score (nSPS) is 12.1. The molecule has 0 saturated carbocycles. The molecule has 1 heterocycles. The molecule has 0 saturated heterocycles. The molecule has 0 fully saturated rings. The van der Waals surface area contributed by atoms with Gasteiger partial charge in [0.2, 0.25) is 0 Å². The summed E-state index contributed by atoms with van der Waals surface area (Å²) in [6.45, 7) is 3.67. The van der Waals surface area contributed by atoms with Crippen molar-refractivity contribution in [1.29, 1.82) is 0 Å². The molecule has 1 aromatic heterocycles. The monoisotopic (exact) mass is 539 g/mol. The predicted molar refractivity (Wildman–Crippen MR) is 127 cm³/mol. The van der Waals surface area contributed by atoms with Gasteiger partial charge in [-0.25, -0.2) is 0 Å².